The third kappa shape index (κ3) is 6.24. The number of carbonyl (C=O) groups excluding carboxylic acids is 1. The average Bonchev–Trinajstić information content (AvgIpc) is 2.65. The first-order valence-corrected chi connectivity index (χ1v) is 9.12. The molecule has 3 atom stereocenters. The van der Waals surface area contributed by atoms with Crippen molar-refractivity contribution in [2.75, 3.05) is 0 Å². The van der Waals surface area contributed by atoms with E-state index >= 15 is 0 Å². The van der Waals surface area contributed by atoms with Crippen molar-refractivity contribution in [1.82, 2.24) is 10.3 Å². The molecular formula is C21H29N3O2. The number of benzene rings is 1. The largest absolute Gasteiger partial charge is 0.391 e. The summed E-state index contributed by atoms with van der Waals surface area (Å²) in [6.45, 7) is 4.36. The van der Waals surface area contributed by atoms with Gasteiger partial charge in [0.05, 0.1) is 18.3 Å². The van der Waals surface area contributed by atoms with Gasteiger partial charge >= 0.3 is 0 Å². The van der Waals surface area contributed by atoms with Crippen LogP contribution in [0.15, 0.2) is 54.7 Å². The molecule has 0 aliphatic carbocycles. The van der Waals surface area contributed by atoms with Crippen LogP contribution in [0.1, 0.15) is 31.5 Å². The minimum absolute atomic E-state index is 0.0726. The Morgan fingerprint density at radius 3 is 2.46 bits per heavy atom. The second-order valence-electron chi connectivity index (χ2n) is 7.05. The number of hydrogen-bond donors (Lipinski definition) is 3. The maximum atomic E-state index is 12.6. The number of hydrogen-bond acceptors (Lipinski definition) is 4. The molecule has 0 saturated carbocycles. The fourth-order valence-electron chi connectivity index (χ4n) is 2.95. The van der Waals surface area contributed by atoms with Gasteiger partial charge in [-0.15, -0.1) is 0 Å². The van der Waals surface area contributed by atoms with Crippen molar-refractivity contribution in [3.63, 3.8) is 0 Å². The van der Waals surface area contributed by atoms with Gasteiger partial charge in [-0.05, 0) is 36.5 Å². The minimum atomic E-state index is -0.733. The van der Waals surface area contributed by atoms with Crippen LogP contribution in [0.4, 0.5) is 0 Å². The maximum absolute atomic E-state index is 12.6. The number of carbonyl (C=O) groups is 1. The summed E-state index contributed by atoms with van der Waals surface area (Å²) in [5, 5.41) is 13.4. The SMILES string of the molecule is CC(C)[C@@H](C[C@H](O)[C@@H](N)Cc1ccccc1)C(=O)NCc1ccccn1. The van der Waals surface area contributed by atoms with Crippen molar-refractivity contribution in [3.05, 3.63) is 66.0 Å². The van der Waals surface area contributed by atoms with Crippen molar-refractivity contribution < 1.29 is 9.90 Å². The summed E-state index contributed by atoms with van der Waals surface area (Å²) in [6.07, 6.45) is 1.90. The Hall–Kier alpha value is -2.24. The van der Waals surface area contributed by atoms with E-state index in [0.29, 0.717) is 19.4 Å². The Morgan fingerprint density at radius 2 is 1.85 bits per heavy atom. The lowest BCUT2D eigenvalue weighted by Crippen LogP contribution is -2.42. The molecule has 0 bridgehead atoms. The van der Waals surface area contributed by atoms with Crippen LogP contribution in [0.3, 0.4) is 0 Å². The molecule has 2 aromatic rings. The van der Waals surface area contributed by atoms with Gasteiger partial charge in [0.25, 0.3) is 0 Å². The van der Waals surface area contributed by atoms with E-state index in [0.717, 1.165) is 11.3 Å². The summed E-state index contributed by atoms with van der Waals surface area (Å²) < 4.78 is 0. The normalized spacial score (nSPS) is 14.7. The third-order valence-electron chi connectivity index (χ3n) is 4.62. The molecule has 1 heterocycles. The van der Waals surface area contributed by atoms with E-state index in [9.17, 15) is 9.90 Å². The first-order chi connectivity index (χ1) is 12.5. The first-order valence-electron chi connectivity index (χ1n) is 9.12. The van der Waals surface area contributed by atoms with Gasteiger partial charge in [-0.25, -0.2) is 0 Å². The molecule has 140 valence electrons. The van der Waals surface area contributed by atoms with Crippen LogP contribution >= 0.6 is 0 Å². The van der Waals surface area contributed by atoms with E-state index in [-0.39, 0.29) is 17.7 Å². The summed E-state index contributed by atoms with van der Waals surface area (Å²) in [5.74, 6) is -0.260. The molecule has 26 heavy (non-hydrogen) atoms. The van der Waals surface area contributed by atoms with Crippen LogP contribution in [0.5, 0.6) is 0 Å². The van der Waals surface area contributed by atoms with E-state index in [1.807, 2.05) is 62.4 Å². The van der Waals surface area contributed by atoms with E-state index in [4.69, 9.17) is 5.73 Å². The van der Waals surface area contributed by atoms with E-state index in [1.54, 1.807) is 6.20 Å². The molecule has 0 spiro atoms. The summed E-state index contributed by atoms with van der Waals surface area (Å²) in [5.41, 5.74) is 8.06. The smallest absolute Gasteiger partial charge is 0.223 e. The fourth-order valence-corrected chi connectivity index (χ4v) is 2.95. The Bertz CT molecular complexity index is 661. The zero-order valence-corrected chi connectivity index (χ0v) is 15.5. The molecule has 0 aliphatic heterocycles. The maximum Gasteiger partial charge on any atom is 0.223 e. The predicted octanol–water partition coefficient (Wildman–Crippen LogP) is 2.29. The lowest BCUT2D eigenvalue weighted by atomic mass is 9.86. The van der Waals surface area contributed by atoms with Gasteiger partial charge in [0.2, 0.25) is 5.91 Å². The topological polar surface area (TPSA) is 88.2 Å². The molecule has 0 fully saturated rings. The van der Waals surface area contributed by atoms with Crippen molar-refractivity contribution in [2.24, 2.45) is 17.6 Å². The molecule has 1 aromatic heterocycles. The van der Waals surface area contributed by atoms with Gasteiger partial charge in [-0.1, -0.05) is 50.2 Å². The predicted molar refractivity (Wildman–Crippen MR) is 103 cm³/mol. The highest BCUT2D eigenvalue weighted by Gasteiger charge is 2.27. The number of aliphatic hydroxyl groups is 1. The summed E-state index contributed by atoms with van der Waals surface area (Å²) in [6, 6.07) is 15.0. The molecule has 5 nitrogen and oxygen atoms in total. The molecule has 0 saturated heterocycles. The van der Waals surface area contributed by atoms with Gasteiger partial charge in [0, 0.05) is 18.2 Å². The molecule has 0 radical (unpaired) electrons. The van der Waals surface area contributed by atoms with Crippen LogP contribution in [-0.2, 0) is 17.8 Å². The lowest BCUT2D eigenvalue weighted by Gasteiger charge is -2.26. The van der Waals surface area contributed by atoms with Gasteiger partial charge in [-0.2, -0.15) is 0 Å². The monoisotopic (exact) mass is 355 g/mol. The van der Waals surface area contributed by atoms with E-state index in [1.165, 1.54) is 0 Å². The number of amides is 1. The second-order valence-corrected chi connectivity index (χ2v) is 7.05. The standard InChI is InChI=1S/C21H29N3O2/c1-15(2)18(21(26)24-14-17-10-6-7-11-23-17)13-20(25)19(22)12-16-8-4-3-5-9-16/h3-11,15,18-20,25H,12-14,22H2,1-2H3,(H,24,26)/t18-,19+,20+/m1/s1. The Balaban J connectivity index is 1.90. The van der Waals surface area contributed by atoms with E-state index < -0.39 is 12.1 Å². The van der Waals surface area contributed by atoms with Gasteiger partial charge in [0.1, 0.15) is 0 Å². The van der Waals surface area contributed by atoms with Crippen LogP contribution in [-0.4, -0.2) is 28.1 Å². The van der Waals surface area contributed by atoms with Crippen LogP contribution in [0.2, 0.25) is 0 Å². The number of nitrogens with zero attached hydrogens (tertiary/aromatic N) is 1. The zero-order valence-electron chi connectivity index (χ0n) is 15.5. The number of nitrogens with two attached hydrogens (primary N) is 1. The molecule has 4 N–H and O–H groups in total. The fraction of sp³-hybridized carbons (Fsp3) is 0.429. The van der Waals surface area contributed by atoms with Crippen molar-refractivity contribution in [3.8, 4) is 0 Å². The number of aliphatic hydroxyl groups excluding tert-OH is 1. The molecule has 1 aromatic carbocycles. The highest BCUT2D eigenvalue weighted by molar-refractivity contribution is 5.78. The number of rotatable bonds is 9. The Kier molecular flexibility index (Phi) is 7.75. The second kappa shape index (κ2) is 10.0. The number of aromatic nitrogens is 1. The molecule has 1 amide bonds. The van der Waals surface area contributed by atoms with Gasteiger partial charge < -0.3 is 16.2 Å². The Morgan fingerprint density at radius 1 is 1.15 bits per heavy atom. The molecular weight excluding hydrogens is 326 g/mol. The van der Waals surface area contributed by atoms with Crippen molar-refractivity contribution in [1.29, 1.82) is 0 Å². The van der Waals surface area contributed by atoms with Crippen LogP contribution < -0.4 is 11.1 Å². The van der Waals surface area contributed by atoms with Crippen molar-refractivity contribution in [2.45, 2.75) is 45.4 Å². The van der Waals surface area contributed by atoms with Crippen LogP contribution in [0.25, 0.3) is 0 Å². The summed E-state index contributed by atoms with van der Waals surface area (Å²) in [4.78, 5) is 16.8. The van der Waals surface area contributed by atoms with E-state index in [2.05, 4.69) is 10.3 Å². The summed E-state index contributed by atoms with van der Waals surface area (Å²) in [7, 11) is 0. The average molecular weight is 355 g/mol. The van der Waals surface area contributed by atoms with Crippen molar-refractivity contribution >= 4 is 5.91 Å². The highest BCUT2D eigenvalue weighted by atomic mass is 16.3. The van der Waals surface area contributed by atoms with Crippen LogP contribution in [0, 0.1) is 11.8 Å². The highest BCUT2D eigenvalue weighted by Crippen LogP contribution is 2.20. The molecule has 0 unspecified atom stereocenters. The molecule has 2 rings (SSSR count). The van der Waals surface area contributed by atoms with Gasteiger partial charge in [0.15, 0.2) is 0 Å². The number of nitrogens with one attached hydrogen (secondary N) is 1. The lowest BCUT2D eigenvalue weighted by molar-refractivity contribution is -0.127. The molecule has 5 heteroatoms. The van der Waals surface area contributed by atoms with Gasteiger partial charge in [-0.3, -0.25) is 9.78 Å². The zero-order chi connectivity index (χ0) is 18.9. The summed E-state index contributed by atoms with van der Waals surface area (Å²) >= 11 is 0. The third-order valence-corrected chi connectivity index (χ3v) is 4.62. The molecule has 0 aliphatic rings. The minimum Gasteiger partial charge on any atom is -0.391 e. The quantitative estimate of drug-likeness (QED) is 0.644. The number of pyridine rings is 1. The Labute approximate surface area is 155 Å². The first kappa shape index (κ1) is 20.1.